The molecular formula is C12H18N2O3. The van der Waals surface area contributed by atoms with Gasteiger partial charge in [-0.15, -0.1) is 0 Å². The van der Waals surface area contributed by atoms with Gasteiger partial charge in [0, 0.05) is 20.1 Å². The van der Waals surface area contributed by atoms with Crippen molar-refractivity contribution in [2.45, 2.75) is 26.0 Å². The highest BCUT2D eigenvalue weighted by atomic mass is 16.3. The minimum Gasteiger partial charge on any atom is -0.466 e. The second kappa shape index (κ2) is 4.50. The van der Waals surface area contributed by atoms with Crippen molar-refractivity contribution in [3.8, 4) is 0 Å². The third-order valence-electron chi connectivity index (χ3n) is 3.24. The van der Waals surface area contributed by atoms with Gasteiger partial charge in [-0.25, -0.2) is 0 Å². The summed E-state index contributed by atoms with van der Waals surface area (Å²) in [6.45, 7) is 4.75. The number of aliphatic hydroxyl groups is 1. The van der Waals surface area contributed by atoms with Crippen molar-refractivity contribution in [2.24, 2.45) is 0 Å². The number of aryl methyl sites for hydroxylation is 2. The fraction of sp³-hybridized carbons (Fsp3) is 0.583. The van der Waals surface area contributed by atoms with Crippen molar-refractivity contribution in [1.29, 1.82) is 0 Å². The van der Waals surface area contributed by atoms with E-state index in [1.54, 1.807) is 24.9 Å². The summed E-state index contributed by atoms with van der Waals surface area (Å²) in [4.78, 5) is 13.8. The van der Waals surface area contributed by atoms with Crippen molar-refractivity contribution in [1.82, 2.24) is 10.2 Å². The minimum absolute atomic E-state index is 0.105. The number of rotatable bonds is 2. The third-order valence-corrected chi connectivity index (χ3v) is 3.24. The van der Waals surface area contributed by atoms with Crippen LogP contribution in [0.4, 0.5) is 0 Å². The largest absolute Gasteiger partial charge is 0.466 e. The molecule has 0 bridgehead atoms. The molecule has 1 aromatic heterocycles. The topological polar surface area (TPSA) is 65.7 Å². The van der Waals surface area contributed by atoms with Crippen LogP contribution in [0.15, 0.2) is 10.5 Å². The Bertz CT molecular complexity index is 427. The van der Waals surface area contributed by atoms with Crippen molar-refractivity contribution in [2.75, 3.05) is 20.1 Å². The maximum absolute atomic E-state index is 12.2. The molecular weight excluding hydrogens is 220 g/mol. The predicted molar refractivity (Wildman–Crippen MR) is 62.9 cm³/mol. The van der Waals surface area contributed by atoms with Gasteiger partial charge >= 0.3 is 0 Å². The average Bonchev–Trinajstić information content (AvgIpc) is 2.82. The second-order valence-corrected chi connectivity index (χ2v) is 4.54. The van der Waals surface area contributed by atoms with Crippen molar-refractivity contribution >= 4 is 5.91 Å². The van der Waals surface area contributed by atoms with E-state index in [1.807, 2.05) is 6.92 Å². The van der Waals surface area contributed by atoms with Crippen LogP contribution >= 0.6 is 0 Å². The molecule has 1 saturated heterocycles. The van der Waals surface area contributed by atoms with Gasteiger partial charge in [0.15, 0.2) is 0 Å². The number of carbonyl (C=O) groups excluding carboxylic acids is 1. The highest BCUT2D eigenvalue weighted by Crippen LogP contribution is 2.18. The molecule has 17 heavy (non-hydrogen) atoms. The van der Waals surface area contributed by atoms with Gasteiger partial charge in [0.2, 0.25) is 0 Å². The summed E-state index contributed by atoms with van der Waals surface area (Å²) < 4.78 is 5.35. The van der Waals surface area contributed by atoms with Crippen LogP contribution in [-0.4, -0.2) is 48.2 Å². The molecule has 5 heteroatoms. The number of amides is 1. The Hall–Kier alpha value is -1.33. The van der Waals surface area contributed by atoms with E-state index in [-0.39, 0.29) is 11.9 Å². The highest BCUT2D eigenvalue weighted by Gasteiger charge is 2.32. The summed E-state index contributed by atoms with van der Waals surface area (Å²) >= 11 is 0. The molecule has 94 valence electrons. The number of nitrogens with zero attached hydrogens (tertiary/aromatic N) is 1. The van der Waals surface area contributed by atoms with E-state index in [0.717, 1.165) is 5.76 Å². The lowest BCUT2D eigenvalue weighted by atomic mass is 10.1. The number of aliphatic hydroxyl groups excluding tert-OH is 1. The smallest absolute Gasteiger partial charge is 0.257 e. The Labute approximate surface area is 100 Å². The van der Waals surface area contributed by atoms with E-state index >= 15 is 0 Å². The zero-order valence-electron chi connectivity index (χ0n) is 10.4. The molecule has 0 radical (unpaired) electrons. The Morgan fingerprint density at radius 1 is 1.53 bits per heavy atom. The van der Waals surface area contributed by atoms with Crippen LogP contribution in [-0.2, 0) is 0 Å². The molecule has 0 saturated carbocycles. The minimum atomic E-state index is -0.503. The predicted octanol–water partition coefficient (Wildman–Crippen LogP) is 0.301. The zero-order valence-corrected chi connectivity index (χ0v) is 10.4. The summed E-state index contributed by atoms with van der Waals surface area (Å²) in [6, 6.07) is 1.57. The molecule has 2 heterocycles. The van der Waals surface area contributed by atoms with E-state index in [4.69, 9.17) is 4.42 Å². The van der Waals surface area contributed by atoms with Crippen LogP contribution in [0.3, 0.4) is 0 Å². The van der Waals surface area contributed by atoms with Crippen LogP contribution in [0, 0.1) is 13.8 Å². The number of carbonyl (C=O) groups is 1. The molecule has 1 fully saturated rings. The van der Waals surface area contributed by atoms with Gasteiger partial charge < -0.3 is 19.7 Å². The summed E-state index contributed by atoms with van der Waals surface area (Å²) in [5, 5.41) is 12.8. The Morgan fingerprint density at radius 3 is 2.71 bits per heavy atom. The SMILES string of the molecule is Cc1cc(C(=O)N(C)[C@H]2CNC[C@@H]2O)c(C)o1. The first-order valence-electron chi connectivity index (χ1n) is 5.73. The molecule has 0 unspecified atom stereocenters. The molecule has 0 spiro atoms. The second-order valence-electron chi connectivity index (χ2n) is 4.54. The fourth-order valence-corrected chi connectivity index (χ4v) is 2.23. The van der Waals surface area contributed by atoms with Gasteiger partial charge in [-0.3, -0.25) is 4.79 Å². The lowest BCUT2D eigenvalue weighted by Gasteiger charge is -2.26. The van der Waals surface area contributed by atoms with Gasteiger partial charge in [0.1, 0.15) is 11.5 Å². The van der Waals surface area contributed by atoms with E-state index in [1.165, 1.54) is 0 Å². The van der Waals surface area contributed by atoms with E-state index < -0.39 is 6.10 Å². The fourth-order valence-electron chi connectivity index (χ4n) is 2.23. The number of hydrogen-bond donors (Lipinski definition) is 2. The Morgan fingerprint density at radius 2 is 2.24 bits per heavy atom. The number of β-amino-alcohol motifs (C(OH)–C–C–N with tert-alkyl or cyclic N) is 1. The quantitative estimate of drug-likeness (QED) is 0.778. The van der Waals surface area contributed by atoms with Crippen LogP contribution in [0.5, 0.6) is 0 Å². The Kier molecular flexibility index (Phi) is 3.22. The Balaban J connectivity index is 2.17. The monoisotopic (exact) mass is 238 g/mol. The van der Waals surface area contributed by atoms with Crippen LogP contribution in [0.1, 0.15) is 21.9 Å². The van der Waals surface area contributed by atoms with Crippen LogP contribution in [0.2, 0.25) is 0 Å². The molecule has 0 aliphatic carbocycles. The highest BCUT2D eigenvalue weighted by molar-refractivity contribution is 5.95. The number of furan rings is 1. The summed E-state index contributed by atoms with van der Waals surface area (Å²) in [5.74, 6) is 1.25. The van der Waals surface area contributed by atoms with Gasteiger partial charge in [-0.1, -0.05) is 0 Å². The summed E-state index contributed by atoms with van der Waals surface area (Å²) in [7, 11) is 1.71. The third kappa shape index (κ3) is 2.21. The maximum Gasteiger partial charge on any atom is 0.257 e. The standard InChI is InChI=1S/C12H18N2O3/c1-7-4-9(8(2)17-7)12(16)14(3)10-5-13-6-11(10)15/h4,10-11,13,15H,5-6H2,1-3H3/t10-,11-/m0/s1. The van der Waals surface area contributed by atoms with E-state index in [2.05, 4.69) is 5.32 Å². The first-order valence-corrected chi connectivity index (χ1v) is 5.73. The molecule has 2 N–H and O–H groups in total. The first-order chi connectivity index (χ1) is 8.00. The number of nitrogens with one attached hydrogen (secondary N) is 1. The lowest BCUT2D eigenvalue weighted by molar-refractivity contribution is 0.0579. The zero-order chi connectivity index (χ0) is 12.6. The molecule has 1 aromatic rings. The maximum atomic E-state index is 12.2. The van der Waals surface area contributed by atoms with Crippen molar-refractivity contribution in [3.63, 3.8) is 0 Å². The van der Waals surface area contributed by atoms with E-state index in [0.29, 0.717) is 24.4 Å². The molecule has 1 aliphatic rings. The molecule has 5 nitrogen and oxygen atoms in total. The number of likely N-dealkylation sites (N-methyl/N-ethyl adjacent to an activating group) is 1. The number of hydrogen-bond acceptors (Lipinski definition) is 4. The van der Waals surface area contributed by atoms with E-state index in [9.17, 15) is 9.90 Å². The molecule has 1 amide bonds. The van der Waals surface area contributed by atoms with Crippen molar-refractivity contribution < 1.29 is 14.3 Å². The van der Waals surface area contributed by atoms with Crippen LogP contribution in [0.25, 0.3) is 0 Å². The summed E-state index contributed by atoms with van der Waals surface area (Å²) in [5.41, 5.74) is 0.573. The average molecular weight is 238 g/mol. The molecule has 2 atom stereocenters. The lowest BCUT2D eigenvalue weighted by Crippen LogP contribution is -2.44. The first kappa shape index (κ1) is 12.1. The van der Waals surface area contributed by atoms with Gasteiger partial charge in [-0.05, 0) is 19.9 Å². The van der Waals surface area contributed by atoms with Crippen molar-refractivity contribution in [3.05, 3.63) is 23.2 Å². The molecule has 1 aliphatic heterocycles. The van der Waals surface area contributed by atoms with Gasteiger partial charge in [0.25, 0.3) is 5.91 Å². The van der Waals surface area contributed by atoms with Gasteiger partial charge in [-0.2, -0.15) is 0 Å². The summed E-state index contributed by atoms with van der Waals surface area (Å²) in [6.07, 6.45) is -0.503. The van der Waals surface area contributed by atoms with Crippen LogP contribution < -0.4 is 5.32 Å². The normalized spacial score (nSPS) is 24.0. The molecule has 0 aromatic carbocycles. The van der Waals surface area contributed by atoms with Gasteiger partial charge in [0.05, 0.1) is 17.7 Å². The molecule has 2 rings (SSSR count).